The number of benzene rings is 2. The molecular formula is C15H16N2O2. The maximum absolute atomic E-state index is 12.2. The van der Waals surface area contributed by atoms with Crippen LogP contribution in [0.1, 0.15) is 10.4 Å². The molecule has 4 nitrogen and oxygen atoms in total. The minimum atomic E-state index is -0.279. The van der Waals surface area contributed by atoms with Crippen molar-refractivity contribution in [1.82, 2.24) is 10.4 Å². The summed E-state index contributed by atoms with van der Waals surface area (Å²) in [6, 6.07) is 13.5. The third-order valence-electron chi connectivity index (χ3n) is 3.30. The van der Waals surface area contributed by atoms with Crippen molar-refractivity contribution in [2.75, 3.05) is 26.2 Å². The monoisotopic (exact) mass is 256 g/mol. The van der Waals surface area contributed by atoms with Crippen LogP contribution in [0.15, 0.2) is 42.5 Å². The molecule has 2 aromatic rings. The van der Waals surface area contributed by atoms with Crippen molar-refractivity contribution in [3.63, 3.8) is 0 Å². The Balaban J connectivity index is 1.85. The first-order valence-corrected chi connectivity index (χ1v) is 6.50. The van der Waals surface area contributed by atoms with Crippen LogP contribution >= 0.6 is 0 Å². The van der Waals surface area contributed by atoms with Gasteiger partial charge in [0.05, 0.1) is 5.56 Å². The van der Waals surface area contributed by atoms with E-state index in [1.807, 2.05) is 42.5 Å². The third kappa shape index (κ3) is 2.59. The van der Waals surface area contributed by atoms with Gasteiger partial charge < -0.3 is 10.2 Å². The molecule has 0 atom stereocenters. The number of carbonyl (C=O) groups is 1. The van der Waals surface area contributed by atoms with Crippen LogP contribution in [0, 0.1) is 0 Å². The Hall–Kier alpha value is -1.91. The molecule has 1 heterocycles. The van der Waals surface area contributed by atoms with E-state index in [-0.39, 0.29) is 5.97 Å². The van der Waals surface area contributed by atoms with Crippen LogP contribution in [0.3, 0.4) is 0 Å². The SMILES string of the molecule is O=C(ON1CCNCC1)c1cccc2ccccc12. The van der Waals surface area contributed by atoms with E-state index < -0.39 is 0 Å². The van der Waals surface area contributed by atoms with E-state index in [0.717, 1.165) is 37.0 Å². The van der Waals surface area contributed by atoms with Gasteiger partial charge in [-0.2, -0.15) is 0 Å². The topological polar surface area (TPSA) is 41.6 Å². The van der Waals surface area contributed by atoms with Gasteiger partial charge in [-0.3, -0.25) is 0 Å². The van der Waals surface area contributed by atoms with Crippen LogP contribution in [-0.4, -0.2) is 37.2 Å². The zero-order valence-corrected chi connectivity index (χ0v) is 10.6. The largest absolute Gasteiger partial charge is 0.364 e. The van der Waals surface area contributed by atoms with Crippen LogP contribution in [-0.2, 0) is 4.84 Å². The first-order chi connectivity index (χ1) is 9.34. The highest BCUT2D eigenvalue weighted by Crippen LogP contribution is 2.19. The van der Waals surface area contributed by atoms with Crippen molar-refractivity contribution in [1.29, 1.82) is 0 Å². The second-order valence-corrected chi connectivity index (χ2v) is 4.58. The summed E-state index contributed by atoms with van der Waals surface area (Å²) in [5.41, 5.74) is 0.622. The summed E-state index contributed by atoms with van der Waals surface area (Å²) in [6.07, 6.45) is 0. The van der Waals surface area contributed by atoms with Crippen molar-refractivity contribution in [3.05, 3.63) is 48.0 Å². The van der Waals surface area contributed by atoms with E-state index >= 15 is 0 Å². The number of hydrogen-bond donors (Lipinski definition) is 1. The Kier molecular flexibility index (Phi) is 3.44. The van der Waals surface area contributed by atoms with E-state index in [9.17, 15) is 4.79 Å². The molecule has 0 bridgehead atoms. The number of carbonyl (C=O) groups excluding carboxylic acids is 1. The number of rotatable bonds is 2. The Labute approximate surface area is 111 Å². The van der Waals surface area contributed by atoms with Gasteiger partial charge in [0.1, 0.15) is 0 Å². The van der Waals surface area contributed by atoms with Gasteiger partial charge in [0, 0.05) is 26.2 Å². The lowest BCUT2D eigenvalue weighted by molar-refractivity contribution is -0.115. The van der Waals surface area contributed by atoms with Crippen LogP contribution in [0.5, 0.6) is 0 Å². The summed E-state index contributed by atoms with van der Waals surface area (Å²) in [5, 5.41) is 6.94. The summed E-state index contributed by atoms with van der Waals surface area (Å²) < 4.78 is 0. The lowest BCUT2D eigenvalue weighted by Crippen LogP contribution is -2.44. The Morgan fingerprint density at radius 1 is 1.05 bits per heavy atom. The van der Waals surface area contributed by atoms with Crippen molar-refractivity contribution >= 4 is 16.7 Å². The molecule has 1 N–H and O–H groups in total. The quantitative estimate of drug-likeness (QED) is 0.890. The molecule has 0 unspecified atom stereocenters. The lowest BCUT2D eigenvalue weighted by atomic mass is 10.1. The van der Waals surface area contributed by atoms with Gasteiger partial charge in [-0.05, 0) is 16.8 Å². The predicted octanol–water partition coefficient (Wildman–Crippen LogP) is 1.82. The molecule has 0 radical (unpaired) electrons. The molecule has 98 valence electrons. The van der Waals surface area contributed by atoms with Crippen molar-refractivity contribution < 1.29 is 9.63 Å². The minimum absolute atomic E-state index is 0.279. The number of nitrogens with zero attached hydrogens (tertiary/aromatic N) is 1. The molecule has 3 rings (SSSR count). The van der Waals surface area contributed by atoms with E-state index in [4.69, 9.17) is 4.84 Å². The highest BCUT2D eigenvalue weighted by molar-refractivity contribution is 6.04. The summed E-state index contributed by atoms with van der Waals surface area (Å²) >= 11 is 0. The number of piperazine rings is 1. The fraction of sp³-hybridized carbons (Fsp3) is 0.267. The Morgan fingerprint density at radius 2 is 1.79 bits per heavy atom. The molecule has 0 aliphatic carbocycles. The Morgan fingerprint density at radius 3 is 2.63 bits per heavy atom. The van der Waals surface area contributed by atoms with Gasteiger partial charge in [-0.25, -0.2) is 4.79 Å². The zero-order valence-electron chi connectivity index (χ0n) is 10.6. The highest BCUT2D eigenvalue weighted by Gasteiger charge is 2.17. The molecule has 2 aromatic carbocycles. The van der Waals surface area contributed by atoms with Crippen LogP contribution < -0.4 is 5.32 Å². The first kappa shape index (κ1) is 12.1. The summed E-state index contributed by atoms with van der Waals surface area (Å²) in [4.78, 5) is 17.7. The van der Waals surface area contributed by atoms with Gasteiger partial charge in [0.2, 0.25) is 0 Å². The fourth-order valence-corrected chi connectivity index (χ4v) is 2.31. The molecule has 1 aliphatic rings. The number of hydroxylamine groups is 2. The standard InChI is InChI=1S/C15H16N2O2/c18-15(19-17-10-8-16-9-11-17)14-7-3-5-12-4-1-2-6-13(12)14/h1-7,16H,8-11H2. The van der Waals surface area contributed by atoms with Gasteiger partial charge in [0.15, 0.2) is 0 Å². The molecule has 19 heavy (non-hydrogen) atoms. The summed E-state index contributed by atoms with van der Waals surface area (Å²) in [5.74, 6) is -0.279. The predicted molar refractivity (Wildman–Crippen MR) is 73.8 cm³/mol. The van der Waals surface area contributed by atoms with Crippen molar-refractivity contribution in [2.45, 2.75) is 0 Å². The average molecular weight is 256 g/mol. The van der Waals surface area contributed by atoms with E-state index in [1.54, 1.807) is 5.06 Å². The molecule has 0 saturated carbocycles. The van der Waals surface area contributed by atoms with Gasteiger partial charge >= 0.3 is 5.97 Å². The van der Waals surface area contributed by atoms with Gasteiger partial charge in [-0.1, -0.05) is 36.4 Å². The van der Waals surface area contributed by atoms with Crippen LogP contribution in [0.4, 0.5) is 0 Å². The summed E-state index contributed by atoms with van der Waals surface area (Å²) in [7, 11) is 0. The van der Waals surface area contributed by atoms with E-state index in [1.165, 1.54) is 0 Å². The normalized spacial score (nSPS) is 16.4. The maximum atomic E-state index is 12.2. The highest BCUT2D eigenvalue weighted by atomic mass is 16.7. The first-order valence-electron chi connectivity index (χ1n) is 6.50. The second-order valence-electron chi connectivity index (χ2n) is 4.58. The van der Waals surface area contributed by atoms with E-state index in [2.05, 4.69) is 5.32 Å². The number of fused-ring (bicyclic) bond motifs is 1. The van der Waals surface area contributed by atoms with Crippen LogP contribution in [0.25, 0.3) is 10.8 Å². The molecule has 0 aromatic heterocycles. The second kappa shape index (κ2) is 5.38. The smallest absolute Gasteiger partial charge is 0.357 e. The molecule has 1 fully saturated rings. The van der Waals surface area contributed by atoms with Crippen molar-refractivity contribution in [2.24, 2.45) is 0 Å². The summed E-state index contributed by atoms with van der Waals surface area (Å²) in [6.45, 7) is 3.17. The molecule has 0 amide bonds. The molecule has 1 aliphatic heterocycles. The van der Waals surface area contributed by atoms with E-state index in [0.29, 0.717) is 5.56 Å². The van der Waals surface area contributed by atoms with Gasteiger partial charge in [0.25, 0.3) is 0 Å². The molecule has 0 spiro atoms. The zero-order chi connectivity index (χ0) is 13.1. The van der Waals surface area contributed by atoms with Gasteiger partial charge in [-0.15, -0.1) is 5.06 Å². The lowest BCUT2D eigenvalue weighted by Gasteiger charge is -2.25. The number of nitrogens with one attached hydrogen (secondary N) is 1. The average Bonchev–Trinajstić information content (AvgIpc) is 2.47. The molecule has 4 heteroatoms. The number of hydrogen-bond acceptors (Lipinski definition) is 4. The van der Waals surface area contributed by atoms with Crippen LogP contribution in [0.2, 0.25) is 0 Å². The minimum Gasteiger partial charge on any atom is -0.364 e. The van der Waals surface area contributed by atoms with Crippen molar-refractivity contribution in [3.8, 4) is 0 Å². The molecule has 1 saturated heterocycles. The molecular weight excluding hydrogens is 240 g/mol. The third-order valence-corrected chi connectivity index (χ3v) is 3.30. The maximum Gasteiger partial charge on any atom is 0.357 e. The Bertz CT molecular complexity index is 586. The fourth-order valence-electron chi connectivity index (χ4n) is 2.31.